The van der Waals surface area contributed by atoms with Gasteiger partial charge in [0.25, 0.3) is 0 Å². The number of ether oxygens (including phenoxy) is 3. The number of carboxylic acid groups (broad SMARTS) is 1. The predicted octanol–water partition coefficient (Wildman–Crippen LogP) is 0.913. The van der Waals surface area contributed by atoms with Crippen LogP contribution in [0.3, 0.4) is 0 Å². The van der Waals surface area contributed by atoms with E-state index >= 15 is 0 Å². The van der Waals surface area contributed by atoms with Gasteiger partial charge >= 0.3 is 18.1 Å². The Morgan fingerprint density at radius 2 is 1.75 bits per heavy atom. The molecule has 1 N–H and O–H groups in total. The fraction of sp³-hybridized carbons (Fsp3) is 0.667. The number of hydrogen-bond donors (Lipinski definition) is 1. The minimum atomic E-state index is -1.10. The molecular formula is C9H14O7. The van der Waals surface area contributed by atoms with Gasteiger partial charge in [0, 0.05) is 0 Å². The molecule has 0 aromatic rings. The molecule has 0 radical (unpaired) electrons. The third-order valence-electron chi connectivity index (χ3n) is 1.27. The minimum Gasteiger partial charge on any atom is -0.481 e. The van der Waals surface area contributed by atoms with E-state index in [0.717, 1.165) is 0 Å². The molecule has 7 nitrogen and oxygen atoms in total. The van der Waals surface area contributed by atoms with Gasteiger partial charge in [-0.25, -0.2) is 4.79 Å². The molecular weight excluding hydrogens is 220 g/mol. The van der Waals surface area contributed by atoms with E-state index in [1.165, 1.54) is 0 Å². The summed E-state index contributed by atoms with van der Waals surface area (Å²) in [6.07, 6.45) is -1.86. The van der Waals surface area contributed by atoms with E-state index < -0.39 is 24.9 Å². The normalized spacial score (nSPS) is 9.69. The van der Waals surface area contributed by atoms with Gasteiger partial charge in [-0.05, 0) is 13.8 Å². The summed E-state index contributed by atoms with van der Waals surface area (Å²) < 4.78 is 13.4. The predicted molar refractivity (Wildman–Crippen MR) is 50.5 cm³/mol. The standard InChI is InChI=1S/C9H14O7/c1-6(2)16-9(13)15-5-14-8(12)4-3-7(10)11/h6H,3-5H2,1-2H3,(H,10,11). The molecule has 0 aromatic carbocycles. The van der Waals surface area contributed by atoms with Crippen molar-refractivity contribution in [3.8, 4) is 0 Å². The van der Waals surface area contributed by atoms with E-state index in [9.17, 15) is 14.4 Å². The summed E-state index contributed by atoms with van der Waals surface area (Å²) >= 11 is 0. The lowest BCUT2D eigenvalue weighted by atomic mass is 10.3. The first-order valence-corrected chi connectivity index (χ1v) is 4.62. The molecule has 0 spiro atoms. The Hall–Kier alpha value is -1.79. The average Bonchev–Trinajstić information content (AvgIpc) is 2.13. The highest BCUT2D eigenvalue weighted by Gasteiger charge is 2.09. The van der Waals surface area contributed by atoms with Crippen LogP contribution >= 0.6 is 0 Å². The van der Waals surface area contributed by atoms with Gasteiger partial charge in [-0.3, -0.25) is 9.59 Å². The van der Waals surface area contributed by atoms with Crippen molar-refractivity contribution in [1.29, 1.82) is 0 Å². The van der Waals surface area contributed by atoms with Crippen LogP contribution < -0.4 is 0 Å². The van der Waals surface area contributed by atoms with E-state index in [1.54, 1.807) is 13.8 Å². The van der Waals surface area contributed by atoms with Gasteiger partial charge in [-0.2, -0.15) is 0 Å². The quantitative estimate of drug-likeness (QED) is 0.538. The molecule has 0 rings (SSSR count). The first-order chi connectivity index (χ1) is 7.41. The fourth-order valence-electron chi connectivity index (χ4n) is 0.651. The third-order valence-corrected chi connectivity index (χ3v) is 1.27. The Bertz CT molecular complexity index is 259. The Balaban J connectivity index is 3.54. The van der Waals surface area contributed by atoms with E-state index in [1.807, 2.05) is 0 Å². The zero-order chi connectivity index (χ0) is 12.6. The molecule has 16 heavy (non-hydrogen) atoms. The van der Waals surface area contributed by atoms with Crippen LogP contribution in [0, 0.1) is 0 Å². The second kappa shape index (κ2) is 7.49. The number of rotatable bonds is 6. The monoisotopic (exact) mass is 234 g/mol. The van der Waals surface area contributed by atoms with Crippen molar-refractivity contribution in [3.05, 3.63) is 0 Å². The summed E-state index contributed by atoms with van der Waals surface area (Å²) in [7, 11) is 0. The molecule has 0 aliphatic heterocycles. The average molecular weight is 234 g/mol. The summed E-state index contributed by atoms with van der Waals surface area (Å²) in [5.74, 6) is -1.85. The number of esters is 1. The molecule has 0 heterocycles. The zero-order valence-corrected chi connectivity index (χ0v) is 9.10. The summed E-state index contributed by atoms with van der Waals surface area (Å²) in [5, 5.41) is 8.26. The van der Waals surface area contributed by atoms with Crippen molar-refractivity contribution < 1.29 is 33.7 Å². The molecule has 0 saturated carbocycles. The SMILES string of the molecule is CC(C)OC(=O)OCOC(=O)CCC(=O)O. The van der Waals surface area contributed by atoms with Crippen molar-refractivity contribution in [2.75, 3.05) is 6.79 Å². The largest absolute Gasteiger partial charge is 0.511 e. The van der Waals surface area contributed by atoms with Gasteiger partial charge in [0.1, 0.15) is 0 Å². The maximum absolute atomic E-state index is 10.8. The third kappa shape index (κ3) is 8.79. The second-order valence-corrected chi connectivity index (χ2v) is 3.09. The van der Waals surface area contributed by atoms with Crippen molar-refractivity contribution in [3.63, 3.8) is 0 Å². The van der Waals surface area contributed by atoms with Crippen LogP contribution in [0.2, 0.25) is 0 Å². The lowest BCUT2D eigenvalue weighted by molar-refractivity contribution is -0.156. The number of carbonyl (C=O) groups excluding carboxylic acids is 2. The highest BCUT2D eigenvalue weighted by molar-refractivity contribution is 5.76. The molecule has 92 valence electrons. The van der Waals surface area contributed by atoms with Crippen molar-refractivity contribution >= 4 is 18.1 Å². The number of carbonyl (C=O) groups is 3. The van der Waals surface area contributed by atoms with Crippen LogP contribution in [0.1, 0.15) is 26.7 Å². The van der Waals surface area contributed by atoms with E-state index in [0.29, 0.717) is 0 Å². The van der Waals surface area contributed by atoms with E-state index in [2.05, 4.69) is 14.2 Å². The van der Waals surface area contributed by atoms with Crippen LogP contribution in [-0.2, 0) is 23.8 Å². The van der Waals surface area contributed by atoms with Crippen LogP contribution in [0.5, 0.6) is 0 Å². The zero-order valence-electron chi connectivity index (χ0n) is 9.10. The molecule has 0 bridgehead atoms. The lowest BCUT2D eigenvalue weighted by Crippen LogP contribution is -2.17. The van der Waals surface area contributed by atoms with Gasteiger partial charge in [-0.1, -0.05) is 0 Å². The summed E-state index contributed by atoms with van der Waals surface area (Å²) in [6, 6.07) is 0. The topological polar surface area (TPSA) is 99.1 Å². The highest BCUT2D eigenvalue weighted by atomic mass is 16.8. The first-order valence-electron chi connectivity index (χ1n) is 4.62. The highest BCUT2D eigenvalue weighted by Crippen LogP contribution is 1.96. The molecule has 0 fully saturated rings. The second-order valence-electron chi connectivity index (χ2n) is 3.09. The van der Waals surface area contributed by atoms with Gasteiger partial charge in [-0.15, -0.1) is 0 Å². The molecule has 0 aromatic heterocycles. The molecule has 0 unspecified atom stereocenters. The fourth-order valence-corrected chi connectivity index (χ4v) is 0.651. The van der Waals surface area contributed by atoms with Gasteiger partial charge in [0.15, 0.2) is 0 Å². The number of carboxylic acids is 1. The number of hydrogen-bond acceptors (Lipinski definition) is 6. The first kappa shape index (κ1) is 14.2. The van der Waals surface area contributed by atoms with Crippen LogP contribution in [0.25, 0.3) is 0 Å². The van der Waals surface area contributed by atoms with Crippen LogP contribution in [-0.4, -0.2) is 36.1 Å². The maximum atomic E-state index is 10.8. The number of aliphatic carboxylic acids is 1. The smallest absolute Gasteiger partial charge is 0.481 e. The summed E-state index contributed by atoms with van der Waals surface area (Å²) in [4.78, 5) is 31.7. The van der Waals surface area contributed by atoms with Crippen molar-refractivity contribution in [1.82, 2.24) is 0 Å². The molecule has 0 amide bonds. The summed E-state index contributed by atoms with van der Waals surface area (Å²) in [6.45, 7) is 2.70. The molecule has 0 atom stereocenters. The maximum Gasteiger partial charge on any atom is 0.511 e. The van der Waals surface area contributed by atoms with Gasteiger partial charge in [0.2, 0.25) is 6.79 Å². The minimum absolute atomic E-state index is 0.266. The van der Waals surface area contributed by atoms with Crippen molar-refractivity contribution in [2.24, 2.45) is 0 Å². The van der Waals surface area contributed by atoms with Crippen molar-refractivity contribution in [2.45, 2.75) is 32.8 Å². The molecule has 0 aliphatic rings. The van der Waals surface area contributed by atoms with Gasteiger partial charge < -0.3 is 19.3 Å². The molecule has 7 heteroatoms. The van der Waals surface area contributed by atoms with E-state index in [4.69, 9.17) is 5.11 Å². The molecule has 0 aliphatic carbocycles. The van der Waals surface area contributed by atoms with E-state index in [-0.39, 0.29) is 18.9 Å². The Morgan fingerprint density at radius 3 is 2.25 bits per heavy atom. The van der Waals surface area contributed by atoms with Crippen LogP contribution in [0.15, 0.2) is 0 Å². The summed E-state index contributed by atoms with van der Waals surface area (Å²) in [5.41, 5.74) is 0. The lowest BCUT2D eigenvalue weighted by Gasteiger charge is -2.08. The van der Waals surface area contributed by atoms with Gasteiger partial charge in [0.05, 0.1) is 18.9 Å². The molecule has 0 saturated heterocycles. The van der Waals surface area contributed by atoms with Crippen LogP contribution in [0.4, 0.5) is 4.79 Å². The Morgan fingerprint density at radius 1 is 1.12 bits per heavy atom. The Labute approximate surface area is 92.3 Å². The Kier molecular flexibility index (Phi) is 6.66.